The molecule has 1 aliphatic heterocycles. The van der Waals surface area contributed by atoms with Gasteiger partial charge in [-0.15, -0.1) is 0 Å². The Labute approximate surface area is 205 Å². The molecule has 7 nitrogen and oxygen atoms in total. The van der Waals surface area contributed by atoms with Crippen LogP contribution in [0.25, 0.3) is 0 Å². The van der Waals surface area contributed by atoms with E-state index in [0.717, 1.165) is 4.90 Å². The molecule has 1 aliphatic rings. The summed E-state index contributed by atoms with van der Waals surface area (Å²) < 4.78 is 0. The average Bonchev–Trinajstić information content (AvgIpc) is 2.91. The Morgan fingerprint density at radius 3 is 2.18 bits per heavy atom. The quantitative estimate of drug-likeness (QED) is 0.464. The second kappa shape index (κ2) is 9.85. The van der Waals surface area contributed by atoms with Crippen LogP contribution in [0, 0.1) is 0 Å². The van der Waals surface area contributed by atoms with E-state index >= 15 is 0 Å². The molecule has 4 rings (SSSR count). The van der Waals surface area contributed by atoms with E-state index < -0.39 is 29.9 Å². The van der Waals surface area contributed by atoms with Crippen LogP contribution in [-0.2, 0) is 16.0 Å². The van der Waals surface area contributed by atoms with E-state index in [-0.39, 0.29) is 23.4 Å². The SMILES string of the molecule is O=C(O)[C@H](c1ccc(Cl)cc1)N1C(=O)c2cc(CCO)ccc2NC(=O)[C@@H]1c1ccc(Cl)cc1. The van der Waals surface area contributed by atoms with E-state index in [9.17, 15) is 24.6 Å². The van der Waals surface area contributed by atoms with Gasteiger partial charge in [-0.05, 0) is 59.5 Å². The zero-order valence-electron chi connectivity index (χ0n) is 17.7. The summed E-state index contributed by atoms with van der Waals surface area (Å²) in [5.74, 6) is -2.52. The number of anilines is 1. The molecule has 174 valence electrons. The number of rotatable bonds is 6. The molecule has 2 amide bonds. The zero-order valence-corrected chi connectivity index (χ0v) is 19.3. The molecule has 3 aromatic carbocycles. The van der Waals surface area contributed by atoms with Gasteiger partial charge in [-0.3, -0.25) is 9.59 Å². The van der Waals surface area contributed by atoms with Crippen LogP contribution in [0.2, 0.25) is 10.0 Å². The van der Waals surface area contributed by atoms with Crippen molar-refractivity contribution in [3.8, 4) is 0 Å². The van der Waals surface area contributed by atoms with Crippen LogP contribution in [0.4, 0.5) is 5.69 Å². The van der Waals surface area contributed by atoms with Crippen LogP contribution in [0.5, 0.6) is 0 Å². The second-order valence-corrected chi connectivity index (χ2v) is 8.67. The normalized spacial score (nSPS) is 16.4. The molecule has 0 saturated heterocycles. The van der Waals surface area contributed by atoms with E-state index in [0.29, 0.717) is 27.6 Å². The number of amides is 2. The first-order valence-corrected chi connectivity index (χ1v) is 11.2. The first kappa shape index (κ1) is 23.8. The molecule has 0 spiro atoms. The number of hydrogen-bond donors (Lipinski definition) is 3. The van der Waals surface area contributed by atoms with Crippen molar-refractivity contribution in [2.45, 2.75) is 18.5 Å². The van der Waals surface area contributed by atoms with Crippen molar-refractivity contribution in [1.29, 1.82) is 0 Å². The van der Waals surface area contributed by atoms with Gasteiger partial charge >= 0.3 is 5.97 Å². The molecule has 2 atom stereocenters. The molecule has 9 heteroatoms. The number of hydrogen-bond acceptors (Lipinski definition) is 4. The Morgan fingerprint density at radius 2 is 1.59 bits per heavy atom. The Balaban J connectivity index is 1.93. The van der Waals surface area contributed by atoms with E-state index in [1.165, 1.54) is 24.3 Å². The second-order valence-electron chi connectivity index (χ2n) is 7.80. The van der Waals surface area contributed by atoms with Gasteiger partial charge in [-0.2, -0.15) is 0 Å². The maximum Gasteiger partial charge on any atom is 0.331 e. The number of benzene rings is 3. The van der Waals surface area contributed by atoms with Crippen molar-refractivity contribution in [3.63, 3.8) is 0 Å². The summed E-state index contributed by atoms with van der Waals surface area (Å²) in [5.41, 5.74) is 1.76. The van der Waals surface area contributed by atoms with Crippen molar-refractivity contribution >= 4 is 46.7 Å². The number of carbonyl (C=O) groups is 3. The Morgan fingerprint density at radius 1 is 0.971 bits per heavy atom. The number of halogens is 2. The minimum atomic E-state index is -1.48. The van der Waals surface area contributed by atoms with Gasteiger partial charge in [0.15, 0.2) is 6.04 Å². The van der Waals surface area contributed by atoms with Crippen LogP contribution < -0.4 is 5.32 Å². The minimum Gasteiger partial charge on any atom is -0.479 e. The molecule has 0 aromatic heterocycles. The largest absolute Gasteiger partial charge is 0.479 e. The molecular formula is C25H20Cl2N2O5. The van der Waals surface area contributed by atoms with Gasteiger partial charge in [0.05, 0.1) is 11.3 Å². The van der Waals surface area contributed by atoms with E-state index in [1.807, 2.05) is 0 Å². The number of carboxylic acids is 1. The predicted molar refractivity (Wildman–Crippen MR) is 128 cm³/mol. The van der Waals surface area contributed by atoms with Crippen LogP contribution in [0.3, 0.4) is 0 Å². The fourth-order valence-corrected chi connectivity index (χ4v) is 4.29. The predicted octanol–water partition coefficient (Wildman–Crippen LogP) is 4.49. The summed E-state index contributed by atoms with van der Waals surface area (Å²) >= 11 is 12.0. The monoisotopic (exact) mass is 498 g/mol. The lowest BCUT2D eigenvalue weighted by Crippen LogP contribution is -2.44. The lowest BCUT2D eigenvalue weighted by atomic mass is 9.97. The summed E-state index contributed by atoms with van der Waals surface area (Å²) in [6, 6.07) is 14.5. The van der Waals surface area contributed by atoms with Crippen LogP contribution >= 0.6 is 23.2 Å². The van der Waals surface area contributed by atoms with Crippen molar-refractivity contribution < 1.29 is 24.6 Å². The molecule has 0 aliphatic carbocycles. The number of fused-ring (bicyclic) bond motifs is 1. The molecular weight excluding hydrogens is 479 g/mol. The number of nitrogens with zero attached hydrogens (tertiary/aromatic N) is 1. The molecule has 3 N–H and O–H groups in total. The number of nitrogens with one attached hydrogen (secondary N) is 1. The fourth-order valence-electron chi connectivity index (χ4n) is 4.04. The van der Waals surface area contributed by atoms with Gasteiger partial charge in [0.25, 0.3) is 11.8 Å². The molecule has 0 unspecified atom stereocenters. The Bertz CT molecular complexity index is 1250. The van der Waals surface area contributed by atoms with Crippen LogP contribution in [-0.4, -0.2) is 39.5 Å². The van der Waals surface area contributed by atoms with E-state index in [1.54, 1.807) is 42.5 Å². The molecule has 1 heterocycles. The lowest BCUT2D eigenvalue weighted by Gasteiger charge is -2.34. The van der Waals surface area contributed by atoms with E-state index in [4.69, 9.17) is 23.2 Å². The Hall–Kier alpha value is -3.39. The zero-order chi connectivity index (χ0) is 24.4. The molecule has 0 radical (unpaired) electrons. The summed E-state index contributed by atoms with van der Waals surface area (Å²) in [7, 11) is 0. The van der Waals surface area contributed by atoms with Crippen molar-refractivity contribution in [2.75, 3.05) is 11.9 Å². The fraction of sp³-hybridized carbons (Fsp3) is 0.160. The molecule has 3 aromatic rings. The van der Waals surface area contributed by atoms with Gasteiger partial charge in [0.1, 0.15) is 6.04 Å². The first-order valence-electron chi connectivity index (χ1n) is 10.4. The van der Waals surface area contributed by atoms with Crippen LogP contribution in [0.15, 0.2) is 66.7 Å². The van der Waals surface area contributed by atoms with Crippen molar-refractivity contribution in [3.05, 3.63) is 99.0 Å². The van der Waals surface area contributed by atoms with Gasteiger partial charge in [-0.25, -0.2) is 4.79 Å². The third-order valence-electron chi connectivity index (χ3n) is 5.62. The standard InChI is InChI=1S/C25H20Cl2N2O5/c26-17-6-2-15(3-7-17)21-23(31)28-20-10-1-14(11-12-30)13-19(20)24(32)29(21)22(25(33)34)16-4-8-18(27)9-5-16/h1-10,13,21-22,30H,11-12H2,(H,28,31)(H,33,34)/t21-,22-/m0/s1. The minimum absolute atomic E-state index is 0.126. The van der Waals surface area contributed by atoms with Gasteiger partial charge in [0, 0.05) is 16.7 Å². The molecule has 34 heavy (non-hydrogen) atoms. The lowest BCUT2D eigenvalue weighted by molar-refractivity contribution is -0.144. The van der Waals surface area contributed by atoms with Crippen molar-refractivity contribution in [1.82, 2.24) is 4.90 Å². The number of aliphatic hydroxyl groups is 1. The highest BCUT2D eigenvalue weighted by Gasteiger charge is 2.43. The van der Waals surface area contributed by atoms with E-state index in [2.05, 4.69) is 5.32 Å². The van der Waals surface area contributed by atoms with Crippen LogP contribution in [0.1, 0.15) is 39.1 Å². The average molecular weight is 499 g/mol. The number of aliphatic carboxylic acids is 1. The molecule has 0 fully saturated rings. The smallest absolute Gasteiger partial charge is 0.331 e. The highest BCUT2D eigenvalue weighted by Crippen LogP contribution is 2.38. The highest BCUT2D eigenvalue weighted by atomic mass is 35.5. The van der Waals surface area contributed by atoms with Gasteiger partial charge < -0.3 is 20.4 Å². The van der Waals surface area contributed by atoms with Gasteiger partial charge in [-0.1, -0.05) is 53.5 Å². The first-order chi connectivity index (χ1) is 16.3. The molecule has 0 bridgehead atoms. The topological polar surface area (TPSA) is 107 Å². The highest BCUT2D eigenvalue weighted by molar-refractivity contribution is 6.30. The summed E-state index contributed by atoms with van der Waals surface area (Å²) in [6.45, 7) is -0.126. The number of aliphatic hydroxyl groups excluding tert-OH is 1. The molecule has 0 saturated carbocycles. The maximum absolute atomic E-state index is 13.9. The third kappa shape index (κ3) is 4.63. The maximum atomic E-state index is 13.9. The van der Waals surface area contributed by atoms with Crippen molar-refractivity contribution in [2.24, 2.45) is 0 Å². The summed E-state index contributed by atoms with van der Waals surface area (Å²) in [5, 5.41) is 23.1. The number of carboxylic acid groups (broad SMARTS) is 1. The summed E-state index contributed by atoms with van der Waals surface area (Å²) in [4.78, 5) is 41.0. The third-order valence-corrected chi connectivity index (χ3v) is 6.12. The number of carbonyl (C=O) groups excluding carboxylic acids is 2. The van der Waals surface area contributed by atoms with Gasteiger partial charge in [0.2, 0.25) is 0 Å². The summed E-state index contributed by atoms with van der Waals surface area (Å²) in [6.07, 6.45) is 0.300. The Kier molecular flexibility index (Phi) is 6.88.